The Kier molecular flexibility index (Phi) is 4.38. The molecule has 0 fully saturated rings. The Hall–Kier alpha value is -0.780. The number of aliphatic hydroxyl groups excluding tert-OH is 1. The van der Waals surface area contributed by atoms with Gasteiger partial charge in [0.15, 0.2) is 0 Å². The lowest BCUT2D eigenvalue weighted by Crippen LogP contribution is -2.13. The van der Waals surface area contributed by atoms with Gasteiger partial charge in [0.25, 0.3) is 0 Å². The molecule has 1 atom stereocenters. The van der Waals surface area contributed by atoms with E-state index >= 15 is 0 Å². The number of ether oxygens (including phenoxy) is 2. The second-order valence-corrected chi connectivity index (χ2v) is 3.89. The van der Waals surface area contributed by atoms with Crippen LogP contribution in [0.5, 0.6) is 11.5 Å². The first kappa shape index (κ1) is 12.3. The van der Waals surface area contributed by atoms with Gasteiger partial charge in [0, 0.05) is 11.0 Å². The Bertz CT molecular complexity index is 318. The Labute approximate surface area is 97.1 Å². The average Bonchev–Trinajstić information content (AvgIpc) is 2.26. The van der Waals surface area contributed by atoms with E-state index in [1.165, 1.54) is 14.2 Å². The van der Waals surface area contributed by atoms with Crippen LogP contribution < -0.4 is 15.2 Å². The maximum atomic E-state index is 9.74. The molecule has 0 spiro atoms. The number of methoxy groups -OCH3 is 2. The minimum atomic E-state index is -0.789. The van der Waals surface area contributed by atoms with Crippen molar-refractivity contribution >= 4 is 15.9 Å². The van der Waals surface area contributed by atoms with Gasteiger partial charge in [-0.2, -0.15) is 0 Å². The number of benzene rings is 1. The zero-order chi connectivity index (χ0) is 11.4. The van der Waals surface area contributed by atoms with Crippen molar-refractivity contribution in [2.75, 3.05) is 20.8 Å². The van der Waals surface area contributed by atoms with Crippen LogP contribution in [0.4, 0.5) is 0 Å². The molecule has 1 aromatic rings. The highest BCUT2D eigenvalue weighted by Crippen LogP contribution is 2.36. The van der Waals surface area contributed by atoms with Gasteiger partial charge in [0.1, 0.15) is 11.5 Å². The third-order valence-electron chi connectivity index (χ3n) is 2.07. The van der Waals surface area contributed by atoms with Crippen molar-refractivity contribution in [3.63, 3.8) is 0 Å². The van der Waals surface area contributed by atoms with E-state index in [-0.39, 0.29) is 6.54 Å². The molecule has 4 nitrogen and oxygen atoms in total. The number of aliphatic hydroxyl groups is 1. The van der Waals surface area contributed by atoms with E-state index in [0.717, 1.165) is 4.47 Å². The first-order valence-corrected chi connectivity index (χ1v) is 5.22. The fraction of sp³-hybridized carbons (Fsp3) is 0.400. The summed E-state index contributed by atoms with van der Waals surface area (Å²) in [7, 11) is 3.07. The predicted octanol–water partition coefficient (Wildman–Crippen LogP) is 1.46. The molecule has 1 rings (SSSR count). The second-order valence-electron chi connectivity index (χ2n) is 2.98. The van der Waals surface area contributed by atoms with Crippen molar-refractivity contribution in [1.29, 1.82) is 0 Å². The maximum absolute atomic E-state index is 9.74. The molecule has 84 valence electrons. The van der Waals surface area contributed by atoms with Crippen LogP contribution in [0, 0.1) is 0 Å². The SMILES string of the molecule is COc1cc(Br)cc(OC)c1[C@H](O)CN. The van der Waals surface area contributed by atoms with Crippen molar-refractivity contribution in [2.24, 2.45) is 5.73 Å². The normalized spacial score (nSPS) is 12.3. The van der Waals surface area contributed by atoms with Crippen molar-refractivity contribution in [3.8, 4) is 11.5 Å². The monoisotopic (exact) mass is 275 g/mol. The van der Waals surface area contributed by atoms with Crippen molar-refractivity contribution < 1.29 is 14.6 Å². The molecule has 0 saturated heterocycles. The molecular formula is C10H14BrNO3. The van der Waals surface area contributed by atoms with E-state index in [2.05, 4.69) is 15.9 Å². The van der Waals surface area contributed by atoms with Crippen LogP contribution in [0.2, 0.25) is 0 Å². The molecule has 1 aromatic carbocycles. The number of nitrogens with two attached hydrogens (primary N) is 1. The average molecular weight is 276 g/mol. The second kappa shape index (κ2) is 5.34. The van der Waals surface area contributed by atoms with Gasteiger partial charge in [-0.15, -0.1) is 0 Å². The lowest BCUT2D eigenvalue weighted by atomic mass is 10.1. The fourth-order valence-electron chi connectivity index (χ4n) is 1.35. The number of hydrogen-bond acceptors (Lipinski definition) is 4. The van der Waals surface area contributed by atoms with E-state index < -0.39 is 6.10 Å². The van der Waals surface area contributed by atoms with Gasteiger partial charge in [-0.1, -0.05) is 15.9 Å². The summed E-state index contributed by atoms with van der Waals surface area (Å²) in [6.45, 7) is 0.119. The highest BCUT2D eigenvalue weighted by atomic mass is 79.9. The van der Waals surface area contributed by atoms with Crippen LogP contribution >= 0.6 is 15.9 Å². The zero-order valence-electron chi connectivity index (χ0n) is 8.66. The van der Waals surface area contributed by atoms with E-state index in [1.54, 1.807) is 12.1 Å². The summed E-state index contributed by atoms with van der Waals surface area (Å²) in [5.74, 6) is 1.11. The van der Waals surface area contributed by atoms with E-state index in [4.69, 9.17) is 15.2 Å². The largest absolute Gasteiger partial charge is 0.496 e. The van der Waals surface area contributed by atoms with Gasteiger partial charge in [0.2, 0.25) is 0 Å². The zero-order valence-corrected chi connectivity index (χ0v) is 10.2. The summed E-state index contributed by atoms with van der Waals surface area (Å²) in [5.41, 5.74) is 5.99. The van der Waals surface area contributed by atoms with Gasteiger partial charge in [-0.3, -0.25) is 0 Å². The molecule has 0 aliphatic carbocycles. The molecule has 3 N–H and O–H groups in total. The molecule has 0 radical (unpaired) electrons. The molecule has 15 heavy (non-hydrogen) atoms. The molecule has 0 amide bonds. The van der Waals surface area contributed by atoms with Gasteiger partial charge >= 0.3 is 0 Å². The van der Waals surface area contributed by atoms with Crippen molar-refractivity contribution in [2.45, 2.75) is 6.10 Å². The Morgan fingerprint density at radius 1 is 1.33 bits per heavy atom. The topological polar surface area (TPSA) is 64.7 Å². The van der Waals surface area contributed by atoms with Crippen molar-refractivity contribution in [3.05, 3.63) is 22.2 Å². The lowest BCUT2D eigenvalue weighted by molar-refractivity contribution is 0.177. The van der Waals surface area contributed by atoms with E-state index in [1.807, 2.05) is 0 Å². The van der Waals surface area contributed by atoms with Crippen LogP contribution in [0.3, 0.4) is 0 Å². The standard InChI is InChI=1S/C10H14BrNO3/c1-14-8-3-6(11)4-9(15-2)10(8)7(13)5-12/h3-4,7,13H,5,12H2,1-2H3/t7-/m1/s1. The van der Waals surface area contributed by atoms with Crippen LogP contribution in [0.15, 0.2) is 16.6 Å². The molecule has 0 aliphatic heterocycles. The minimum Gasteiger partial charge on any atom is -0.496 e. The Morgan fingerprint density at radius 3 is 2.13 bits per heavy atom. The summed E-state index contributed by atoms with van der Waals surface area (Å²) in [5, 5.41) is 9.74. The smallest absolute Gasteiger partial charge is 0.129 e. The summed E-state index contributed by atoms with van der Waals surface area (Å²) in [6.07, 6.45) is -0.789. The van der Waals surface area contributed by atoms with Crippen LogP contribution in [0.1, 0.15) is 11.7 Å². The first-order chi connectivity index (χ1) is 7.13. The van der Waals surface area contributed by atoms with E-state index in [9.17, 15) is 5.11 Å². The molecule has 0 aliphatic rings. The van der Waals surface area contributed by atoms with Gasteiger partial charge in [-0.25, -0.2) is 0 Å². The quantitative estimate of drug-likeness (QED) is 0.873. The Morgan fingerprint density at radius 2 is 1.80 bits per heavy atom. The highest BCUT2D eigenvalue weighted by Gasteiger charge is 2.18. The van der Waals surface area contributed by atoms with Gasteiger partial charge in [-0.05, 0) is 12.1 Å². The van der Waals surface area contributed by atoms with Crippen LogP contribution in [0.25, 0.3) is 0 Å². The number of hydrogen-bond donors (Lipinski definition) is 2. The van der Waals surface area contributed by atoms with Gasteiger partial charge in [0.05, 0.1) is 25.9 Å². The van der Waals surface area contributed by atoms with Crippen LogP contribution in [-0.4, -0.2) is 25.9 Å². The third-order valence-corrected chi connectivity index (χ3v) is 2.52. The molecule has 0 bridgehead atoms. The molecule has 0 unspecified atom stereocenters. The van der Waals surface area contributed by atoms with E-state index in [0.29, 0.717) is 17.1 Å². The summed E-state index contributed by atoms with van der Waals surface area (Å²) >= 11 is 3.33. The fourth-order valence-corrected chi connectivity index (χ4v) is 1.77. The summed E-state index contributed by atoms with van der Waals surface area (Å²) in [4.78, 5) is 0. The summed E-state index contributed by atoms with van der Waals surface area (Å²) < 4.78 is 11.2. The molecule has 0 aromatic heterocycles. The van der Waals surface area contributed by atoms with Gasteiger partial charge < -0.3 is 20.3 Å². The molecular weight excluding hydrogens is 262 g/mol. The lowest BCUT2D eigenvalue weighted by Gasteiger charge is -2.17. The first-order valence-electron chi connectivity index (χ1n) is 4.43. The maximum Gasteiger partial charge on any atom is 0.129 e. The molecule has 0 heterocycles. The Balaban J connectivity index is 3.30. The molecule has 5 heteroatoms. The highest BCUT2D eigenvalue weighted by molar-refractivity contribution is 9.10. The number of rotatable bonds is 4. The predicted molar refractivity (Wildman–Crippen MR) is 61.3 cm³/mol. The number of halogens is 1. The van der Waals surface area contributed by atoms with Crippen LogP contribution in [-0.2, 0) is 0 Å². The third kappa shape index (κ3) is 2.62. The minimum absolute atomic E-state index is 0.119. The summed E-state index contributed by atoms with van der Waals surface area (Å²) in [6, 6.07) is 3.52. The van der Waals surface area contributed by atoms with Crippen molar-refractivity contribution in [1.82, 2.24) is 0 Å². The molecule has 0 saturated carbocycles.